The molecule has 3 heterocycles. The Labute approximate surface area is 168 Å². The first-order valence-electron chi connectivity index (χ1n) is 8.08. The normalized spacial score (nSPS) is 18.7. The minimum Gasteiger partial charge on any atom is -0.481 e. The lowest BCUT2D eigenvalue weighted by Gasteiger charge is -2.32. The number of methoxy groups -OCH3 is 1. The van der Waals surface area contributed by atoms with Gasteiger partial charge < -0.3 is 14.0 Å². The van der Waals surface area contributed by atoms with Gasteiger partial charge in [0.05, 0.1) is 22.6 Å². The Kier molecular flexibility index (Phi) is 5.12. The van der Waals surface area contributed by atoms with Gasteiger partial charge in [0.25, 0.3) is 0 Å². The summed E-state index contributed by atoms with van der Waals surface area (Å²) >= 11 is 6.93. The molecule has 0 spiro atoms. The van der Waals surface area contributed by atoms with Gasteiger partial charge in [0.2, 0.25) is 15.9 Å². The number of nitrogens with two attached hydrogens (primary N) is 1. The summed E-state index contributed by atoms with van der Waals surface area (Å²) in [6.07, 6.45) is 1.58. The van der Waals surface area contributed by atoms with Gasteiger partial charge in [-0.3, -0.25) is 0 Å². The van der Waals surface area contributed by atoms with Crippen molar-refractivity contribution >= 4 is 45.5 Å². The number of aromatic nitrogens is 1. The predicted molar refractivity (Wildman–Crippen MR) is 106 cm³/mol. The highest BCUT2D eigenvalue weighted by Gasteiger charge is 2.52. The summed E-state index contributed by atoms with van der Waals surface area (Å²) in [6.45, 7) is 7.79. The molecular formula is C16H20BClN2O5S2. The second-order valence-corrected chi connectivity index (χ2v) is 10.7. The summed E-state index contributed by atoms with van der Waals surface area (Å²) in [4.78, 5) is 4.29. The molecule has 146 valence electrons. The zero-order valence-corrected chi connectivity index (χ0v) is 18.0. The molecule has 27 heavy (non-hydrogen) atoms. The number of rotatable bonds is 4. The number of hydrogen-bond acceptors (Lipinski definition) is 7. The quantitative estimate of drug-likeness (QED) is 0.748. The average molecular weight is 431 g/mol. The minimum atomic E-state index is -3.97. The van der Waals surface area contributed by atoms with Crippen LogP contribution in [0.2, 0.25) is 4.34 Å². The van der Waals surface area contributed by atoms with Crippen molar-refractivity contribution in [2.75, 3.05) is 7.11 Å². The van der Waals surface area contributed by atoms with E-state index >= 15 is 0 Å². The molecule has 1 aliphatic rings. The molecule has 1 fully saturated rings. The Morgan fingerprint density at radius 1 is 1.19 bits per heavy atom. The largest absolute Gasteiger partial charge is 0.496 e. The second kappa shape index (κ2) is 6.72. The molecular weight excluding hydrogens is 411 g/mol. The summed E-state index contributed by atoms with van der Waals surface area (Å²) in [5.74, 6) is 0.245. The van der Waals surface area contributed by atoms with Crippen LogP contribution in [0.4, 0.5) is 0 Å². The van der Waals surface area contributed by atoms with Crippen LogP contribution in [0.3, 0.4) is 0 Å². The fraction of sp³-hybridized carbons (Fsp3) is 0.438. The molecule has 1 aliphatic heterocycles. The number of sulfonamides is 1. The molecule has 0 radical (unpaired) electrons. The molecule has 2 aromatic heterocycles. The first-order chi connectivity index (χ1) is 12.4. The van der Waals surface area contributed by atoms with E-state index < -0.39 is 28.3 Å². The molecule has 3 rings (SSSR count). The van der Waals surface area contributed by atoms with E-state index in [4.69, 9.17) is 30.8 Å². The van der Waals surface area contributed by atoms with Crippen LogP contribution in [0.25, 0.3) is 11.1 Å². The Bertz CT molecular complexity index is 975. The standard InChI is InChI=1S/C16H20BClN2O5S2/c1-15(2)16(3,4)25-17(24-15)9-6-10(13(23-5)20-8-9)11-7-12(18)26-14(11)27(19,21)22/h6-8H,1-5H3,(H2,19,21,22). The van der Waals surface area contributed by atoms with Gasteiger partial charge in [0.15, 0.2) is 0 Å². The van der Waals surface area contributed by atoms with Crippen LogP contribution >= 0.6 is 22.9 Å². The van der Waals surface area contributed by atoms with Gasteiger partial charge in [-0.15, -0.1) is 11.3 Å². The first-order valence-corrected chi connectivity index (χ1v) is 10.8. The van der Waals surface area contributed by atoms with Crippen molar-refractivity contribution in [1.29, 1.82) is 0 Å². The fourth-order valence-electron chi connectivity index (χ4n) is 2.68. The summed E-state index contributed by atoms with van der Waals surface area (Å²) in [5, 5.41) is 5.34. The maximum atomic E-state index is 12.0. The third kappa shape index (κ3) is 3.74. The van der Waals surface area contributed by atoms with Crippen LogP contribution in [-0.2, 0) is 19.3 Å². The van der Waals surface area contributed by atoms with E-state index in [-0.39, 0.29) is 14.4 Å². The number of pyridine rings is 1. The van der Waals surface area contributed by atoms with E-state index in [0.717, 1.165) is 11.3 Å². The van der Waals surface area contributed by atoms with E-state index in [1.807, 2.05) is 27.7 Å². The Morgan fingerprint density at radius 2 is 1.78 bits per heavy atom. The van der Waals surface area contributed by atoms with Gasteiger partial charge in [-0.2, -0.15) is 0 Å². The molecule has 0 aromatic carbocycles. The van der Waals surface area contributed by atoms with Gasteiger partial charge in [0.1, 0.15) is 4.21 Å². The van der Waals surface area contributed by atoms with Crippen LogP contribution in [0, 0.1) is 0 Å². The van der Waals surface area contributed by atoms with Crippen molar-refractivity contribution in [2.45, 2.75) is 43.1 Å². The molecule has 0 bridgehead atoms. The third-order valence-corrected chi connectivity index (χ3v) is 7.55. The van der Waals surface area contributed by atoms with E-state index in [0.29, 0.717) is 16.6 Å². The maximum Gasteiger partial charge on any atom is 0.496 e. The van der Waals surface area contributed by atoms with Gasteiger partial charge in [-0.25, -0.2) is 18.5 Å². The number of nitrogens with zero attached hydrogens (tertiary/aromatic N) is 1. The molecule has 1 saturated heterocycles. The van der Waals surface area contributed by atoms with Crippen molar-refractivity contribution < 1.29 is 22.5 Å². The third-order valence-electron chi connectivity index (χ3n) is 4.81. The van der Waals surface area contributed by atoms with Crippen molar-refractivity contribution in [3.05, 3.63) is 22.7 Å². The van der Waals surface area contributed by atoms with E-state index in [1.54, 1.807) is 12.3 Å². The summed E-state index contributed by atoms with van der Waals surface area (Å²) in [5.41, 5.74) is 0.365. The number of thiophene rings is 1. The smallest absolute Gasteiger partial charge is 0.481 e. The minimum absolute atomic E-state index is 0.0568. The van der Waals surface area contributed by atoms with Crippen LogP contribution < -0.4 is 15.3 Å². The summed E-state index contributed by atoms with van der Waals surface area (Å²) in [7, 11) is -3.17. The topological polar surface area (TPSA) is 101 Å². The van der Waals surface area contributed by atoms with Crippen LogP contribution in [0.15, 0.2) is 22.5 Å². The number of hydrogen-bond donors (Lipinski definition) is 1. The van der Waals surface area contributed by atoms with Gasteiger partial charge >= 0.3 is 7.12 Å². The lowest BCUT2D eigenvalue weighted by Crippen LogP contribution is -2.41. The molecule has 0 saturated carbocycles. The SMILES string of the molecule is COc1ncc(B2OC(C)(C)C(C)(C)O2)cc1-c1cc(Cl)sc1S(N)(=O)=O. The number of primary sulfonamides is 1. The molecule has 0 atom stereocenters. The number of ether oxygens (including phenoxy) is 1. The molecule has 0 amide bonds. The Balaban J connectivity index is 2.13. The lowest BCUT2D eigenvalue weighted by atomic mass is 9.79. The van der Waals surface area contributed by atoms with Crippen LogP contribution in [0.5, 0.6) is 5.88 Å². The molecule has 7 nitrogen and oxygen atoms in total. The maximum absolute atomic E-state index is 12.0. The number of halogens is 1. The molecule has 0 unspecified atom stereocenters. The zero-order valence-electron chi connectivity index (χ0n) is 15.6. The van der Waals surface area contributed by atoms with E-state index in [9.17, 15) is 8.42 Å². The zero-order chi connectivity index (χ0) is 20.2. The molecule has 0 aliphatic carbocycles. The van der Waals surface area contributed by atoms with Crippen LogP contribution in [-0.4, -0.2) is 38.8 Å². The first kappa shape index (κ1) is 20.6. The highest BCUT2D eigenvalue weighted by molar-refractivity contribution is 7.91. The van der Waals surface area contributed by atoms with Gasteiger partial charge in [-0.1, -0.05) is 11.6 Å². The van der Waals surface area contributed by atoms with Crippen molar-refractivity contribution in [3.63, 3.8) is 0 Å². The Morgan fingerprint density at radius 3 is 2.30 bits per heavy atom. The predicted octanol–water partition coefficient (Wildman–Crippen LogP) is 2.42. The van der Waals surface area contributed by atoms with Crippen molar-refractivity contribution in [3.8, 4) is 17.0 Å². The van der Waals surface area contributed by atoms with Gasteiger partial charge in [0, 0.05) is 22.8 Å². The van der Waals surface area contributed by atoms with E-state index in [1.165, 1.54) is 13.2 Å². The average Bonchev–Trinajstić information content (AvgIpc) is 3.04. The molecule has 2 N–H and O–H groups in total. The highest BCUT2D eigenvalue weighted by Crippen LogP contribution is 2.41. The second-order valence-electron chi connectivity index (χ2n) is 7.21. The highest BCUT2D eigenvalue weighted by atomic mass is 35.5. The monoisotopic (exact) mass is 430 g/mol. The van der Waals surface area contributed by atoms with E-state index in [2.05, 4.69) is 4.98 Å². The molecule has 11 heteroatoms. The molecule has 2 aromatic rings. The Hall–Kier alpha value is -1.17. The fourth-order valence-corrected chi connectivity index (χ4v) is 5.00. The summed E-state index contributed by atoms with van der Waals surface area (Å²) < 4.78 is 41.6. The van der Waals surface area contributed by atoms with Crippen LogP contribution in [0.1, 0.15) is 27.7 Å². The summed E-state index contributed by atoms with van der Waals surface area (Å²) in [6, 6.07) is 3.25. The van der Waals surface area contributed by atoms with Gasteiger partial charge in [-0.05, 0) is 39.8 Å². The van der Waals surface area contributed by atoms with Crippen molar-refractivity contribution in [1.82, 2.24) is 4.98 Å². The lowest BCUT2D eigenvalue weighted by molar-refractivity contribution is 0.00578. The van der Waals surface area contributed by atoms with Crippen molar-refractivity contribution in [2.24, 2.45) is 5.14 Å².